The van der Waals surface area contributed by atoms with Crippen molar-refractivity contribution < 1.29 is 32.2 Å². The first-order chi connectivity index (χ1) is 16.8. The molecule has 3 aliphatic heterocycles. The quantitative estimate of drug-likeness (QED) is 0.588. The summed E-state index contributed by atoms with van der Waals surface area (Å²) in [5, 5.41) is 0. The van der Waals surface area contributed by atoms with Crippen molar-refractivity contribution in [2.75, 3.05) is 56.7 Å². The number of nitrogens with zero attached hydrogens (tertiary/aromatic N) is 3. The molecular weight excluding hydrogens is 474 g/mol. The zero-order chi connectivity index (χ0) is 24.6. The van der Waals surface area contributed by atoms with Gasteiger partial charge in [-0.15, -0.1) is 0 Å². The summed E-state index contributed by atoms with van der Waals surface area (Å²) in [6.07, 6.45) is 1.11. The Balaban J connectivity index is 1.24. The minimum atomic E-state index is -3.73. The highest BCUT2D eigenvalue weighted by atomic mass is 32.2. The van der Waals surface area contributed by atoms with Gasteiger partial charge in [0.2, 0.25) is 22.7 Å². The number of carbonyl (C=O) groups is 1. The molecular formula is C24H29N3O7S. The van der Waals surface area contributed by atoms with E-state index in [-0.39, 0.29) is 12.7 Å². The molecule has 10 nitrogen and oxygen atoms in total. The van der Waals surface area contributed by atoms with Crippen molar-refractivity contribution in [3.05, 3.63) is 42.0 Å². The SMILES string of the molecule is C[C@@H](C(=O)N1CCN(Cc2ccc3c(c2)OCO3)CC1)N(c1ccc2c(c1)OCCO2)S(C)(=O)=O. The molecule has 2 aromatic rings. The van der Waals surface area contributed by atoms with E-state index in [0.717, 1.165) is 34.2 Å². The smallest absolute Gasteiger partial charge is 0.246 e. The maximum atomic E-state index is 13.4. The van der Waals surface area contributed by atoms with Gasteiger partial charge in [-0.25, -0.2) is 8.42 Å². The van der Waals surface area contributed by atoms with E-state index >= 15 is 0 Å². The molecule has 0 radical (unpaired) electrons. The van der Waals surface area contributed by atoms with Gasteiger partial charge in [-0.1, -0.05) is 6.07 Å². The molecule has 2 aromatic carbocycles. The summed E-state index contributed by atoms with van der Waals surface area (Å²) in [5.41, 5.74) is 1.49. The second-order valence-electron chi connectivity index (χ2n) is 8.85. The van der Waals surface area contributed by atoms with Gasteiger partial charge < -0.3 is 23.8 Å². The van der Waals surface area contributed by atoms with Crippen LogP contribution >= 0.6 is 0 Å². The number of anilines is 1. The molecule has 0 aromatic heterocycles. The van der Waals surface area contributed by atoms with Crippen LogP contribution in [0.15, 0.2) is 36.4 Å². The van der Waals surface area contributed by atoms with E-state index in [9.17, 15) is 13.2 Å². The van der Waals surface area contributed by atoms with Crippen molar-refractivity contribution in [2.24, 2.45) is 0 Å². The van der Waals surface area contributed by atoms with Crippen molar-refractivity contribution in [1.82, 2.24) is 9.80 Å². The second-order valence-corrected chi connectivity index (χ2v) is 10.7. The number of fused-ring (bicyclic) bond motifs is 2. The first kappa shape index (κ1) is 23.6. The number of carbonyl (C=O) groups excluding carboxylic acids is 1. The molecule has 1 saturated heterocycles. The molecule has 3 aliphatic rings. The van der Waals surface area contributed by atoms with Crippen LogP contribution in [0.2, 0.25) is 0 Å². The van der Waals surface area contributed by atoms with Crippen LogP contribution in [0.4, 0.5) is 5.69 Å². The highest BCUT2D eigenvalue weighted by molar-refractivity contribution is 7.92. The minimum absolute atomic E-state index is 0.229. The third-order valence-corrected chi connectivity index (χ3v) is 7.62. The summed E-state index contributed by atoms with van der Waals surface area (Å²) >= 11 is 0. The lowest BCUT2D eigenvalue weighted by Crippen LogP contribution is -2.55. The Labute approximate surface area is 205 Å². The fraction of sp³-hybridized carbons (Fsp3) is 0.458. The summed E-state index contributed by atoms with van der Waals surface area (Å²) in [6, 6.07) is 9.95. The number of amides is 1. The van der Waals surface area contributed by atoms with Gasteiger partial charge in [0.15, 0.2) is 23.0 Å². The fourth-order valence-electron chi connectivity index (χ4n) is 4.66. The minimum Gasteiger partial charge on any atom is -0.486 e. The third kappa shape index (κ3) is 4.96. The molecule has 1 amide bonds. The fourth-order valence-corrected chi connectivity index (χ4v) is 5.82. The molecule has 3 heterocycles. The Morgan fingerprint density at radius 1 is 0.914 bits per heavy atom. The maximum Gasteiger partial charge on any atom is 0.246 e. The number of ether oxygens (including phenoxy) is 4. The van der Waals surface area contributed by atoms with Gasteiger partial charge in [0.05, 0.1) is 11.9 Å². The Morgan fingerprint density at radius 3 is 2.29 bits per heavy atom. The van der Waals surface area contributed by atoms with Crippen LogP contribution in [0.5, 0.6) is 23.0 Å². The summed E-state index contributed by atoms with van der Waals surface area (Å²) in [5.74, 6) is 2.31. The van der Waals surface area contributed by atoms with Crippen LogP contribution in [0, 0.1) is 0 Å². The number of hydrogen-bond donors (Lipinski definition) is 0. The van der Waals surface area contributed by atoms with Crippen LogP contribution in [0.1, 0.15) is 12.5 Å². The van der Waals surface area contributed by atoms with E-state index in [2.05, 4.69) is 4.90 Å². The summed E-state index contributed by atoms with van der Waals surface area (Å²) < 4.78 is 48.6. The van der Waals surface area contributed by atoms with Crippen molar-refractivity contribution in [1.29, 1.82) is 0 Å². The Hall–Kier alpha value is -3.18. The van der Waals surface area contributed by atoms with Crippen molar-refractivity contribution >= 4 is 21.6 Å². The van der Waals surface area contributed by atoms with Gasteiger partial charge >= 0.3 is 0 Å². The number of rotatable bonds is 6. The number of piperazine rings is 1. The van der Waals surface area contributed by atoms with Gasteiger partial charge in [0.25, 0.3) is 0 Å². The topological polar surface area (TPSA) is 97.8 Å². The molecule has 188 valence electrons. The van der Waals surface area contributed by atoms with Crippen molar-refractivity contribution in [2.45, 2.75) is 19.5 Å². The van der Waals surface area contributed by atoms with E-state index in [4.69, 9.17) is 18.9 Å². The Kier molecular flexibility index (Phi) is 6.37. The normalized spacial score (nSPS) is 18.3. The molecule has 1 atom stereocenters. The van der Waals surface area contributed by atoms with Crippen LogP contribution < -0.4 is 23.3 Å². The molecule has 0 bridgehead atoms. The summed E-state index contributed by atoms with van der Waals surface area (Å²) in [7, 11) is -3.73. The van der Waals surface area contributed by atoms with Crippen LogP contribution in [-0.2, 0) is 21.4 Å². The van der Waals surface area contributed by atoms with E-state index < -0.39 is 16.1 Å². The highest BCUT2D eigenvalue weighted by Gasteiger charge is 2.34. The lowest BCUT2D eigenvalue weighted by Gasteiger charge is -2.38. The van der Waals surface area contributed by atoms with Gasteiger partial charge in [-0.3, -0.25) is 14.0 Å². The molecule has 0 aliphatic carbocycles. The first-order valence-corrected chi connectivity index (χ1v) is 13.4. The average Bonchev–Trinajstić information content (AvgIpc) is 3.31. The van der Waals surface area contributed by atoms with E-state index in [1.54, 1.807) is 30.0 Å². The molecule has 1 fully saturated rings. The Morgan fingerprint density at radius 2 is 1.54 bits per heavy atom. The van der Waals surface area contributed by atoms with Crippen LogP contribution in [-0.4, -0.2) is 82.6 Å². The lowest BCUT2D eigenvalue weighted by atomic mass is 10.1. The molecule has 0 N–H and O–H groups in total. The van der Waals surface area contributed by atoms with Gasteiger partial charge in [0, 0.05) is 38.8 Å². The predicted octanol–water partition coefficient (Wildman–Crippen LogP) is 1.69. The van der Waals surface area contributed by atoms with Gasteiger partial charge in [-0.2, -0.15) is 0 Å². The number of sulfonamides is 1. The van der Waals surface area contributed by atoms with Crippen molar-refractivity contribution in [3.8, 4) is 23.0 Å². The molecule has 0 saturated carbocycles. The zero-order valence-corrected chi connectivity index (χ0v) is 20.6. The van der Waals surface area contributed by atoms with E-state index in [0.29, 0.717) is 56.6 Å². The summed E-state index contributed by atoms with van der Waals surface area (Å²) in [6.45, 7) is 5.86. The Bertz CT molecular complexity index is 1210. The highest BCUT2D eigenvalue weighted by Crippen LogP contribution is 2.36. The van der Waals surface area contributed by atoms with E-state index in [1.165, 1.54) is 0 Å². The lowest BCUT2D eigenvalue weighted by molar-refractivity contribution is -0.133. The van der Waals surface area contributed by atoms with Crippen LogP contribution in [0.3, 0.4) is 0 Å². The van der Waals surface area contributed by atoms with Crippen LogP contribution in [0.25, 0.3) is 0 Å². The van der Waals surface area contributed by atoms with Gasteiger partial charge in [0.1, 0.15) is 19.3 Å². The number of hydrogen-bond acceptors (Lipinski definition) is 8. The standard InChI is InChI=1S/C24H29N3O7S/c1-17(27(35(2,29)30)19-4-6-20-23(14-19)32-12-11-31-20)24(28)26-9-7-25(8-10-26)15-18-3-5-21-22(13-18)34-16-33-21/h3-6,13-14,17H,7-12,15-16H2,1-2H3/t17-/m0/s1. The molecule has 5 rings (SSSR count). The predicted molar refractivity (Wildman–Crippen MR) is 129 cm³/mol. The molecule has 11 heteroatoms. The first-order valence-electron chi connectivity index (χ1n) is 11.6. The zero-order valence-electron chi connectivity index (χ0n) is 19.8. The van der Waals surface area contributed by atoms with Gasteiger partial charge in [-0.05, 0) is 36.8 Å². The monoisotopic (exact) mass is 503 g/mol. The third-order valence-electron chi connectivity index (χ3n) is 6.37. The molecule has 0 unspecified atom stereocenters. The second kappa shape index (κ2) is 9.46. The molecule has 0 spiro atoms. The van der Waals surface area contributed by atoms with Crippen molar-refractivity contribution in [3.63, 3.8) is 0 Å². The average molecular weight is 504 g/mol. The molecule has 35 heavy (non-hydrogen) atoms. The van der Waals surface area contributed by atoms with E-state index in [1.807, 2.05) is 18.2 Å². The largest absolute Gasteiger partial charge is 0.486 e. The number of benzene rings is 2. The maximum absolute atomic E-state index is 13.4. The summed E-state index contributed by atoms with van der Waals surface area (Å²) in [4.78, 5) is 17.4.